The maximum atomic E-state index is 13.6. The van der Waals surface area contributed by atoms with Crippen LogP contribution in [-0.2, 0) is 11.3 Å². The largest absolute Gasteiger partial charge is 0.573 e. The Morgan fingerprint density at radius 1 is 1.13 bits per heavy atom. The lowest BCUT2D eigenvalue weighted by molar-refractivity contribution is -0.274. The van der Waals surface area contributed by atoms with Gasteiger partial charge in [-0.3, -0.25) is 19.1 Å². The molecule has 1 unspecified atom stereocenters. The number of carbonyl (C=O) groups excluding carboxylic acids is 2. The number of alkyl halides is 3. The van der Waals surface area contributed by atoms with E-state index in [0.717, 1.165) is 21.9 Å². The number of carbonyl (C=O) groups is 2. The van der Waals surface area contributed by atoms with Gasteiger partial charge >= 0.3 is 12.4 Å². The summed E-state index contributed by atoms with van der Waals surface area (Å²) >= 11 is 5.98. The SMILES string of the molecule is CN1C(=O)CN(CC(O)CO)C(=O)c2c1nc(Oc1cccc(OC(F)(F)F)c1)n2Cc1ccc(Cl)cc1. The van der Waals surface area contributed by atoms with Crippen LogP contribution in [0.2, 0.25) is 5.02 Å². The van der Waals surface area contributed by atoms with E-state index in [9.17, 15) is 33.0 Å². The van der Waals surface area contributed by atoms with Gasteiger partial charge in [-0.2, -0.15) is 4.98 Å². The number of hydrogen-bond donors (Lipinski definition) is 2. The van der Waals surface area contributed by atoms with Crippen LogP contribution in [-0.4, -0.2) is 75.7 Å². The molecule has 2 N–H and O–H groups in total. The number of amides is 2. The molecule has 202 valence electrons. The zero-order valence-electron chi connectivity index (χ0n) is 19.9. The molecule has 10 nitrogen and oxygen atoms in total. The van der Waals surface area contributed by atoms with Crippen LogP contribution in [0.25, 0.3) is 0 Å². The molecular formula is C24H22ClF3N4O6. The van der Waals surface area contributed by atoms with Gasteiger partial charge in [-0.15, -0.1) is 13.2 Å². The van der Waals surface area contributed by atoms with E-state index in [4.69, 9.17) is 16.3 Å². The third-order valence-electron chi connectivity index (χ3n) is 5.57. The molecule has 14 heteroatoms. The molecule has 1 aliphatic heterocycles. The molecule has 38 heavy (non-hydrogen) atoms. The van der Waals surface area contributed by atoms with Crippen LogP contribution >= 0.6 is 11.6 Å². The number of anilines is 1. The monoisotopic (exact) mass is 554 g/mol. The summed E-state index contributed by atoms with van der Waals surface area (Å²) in [5, 5.41) is 19.7. The molecule has 2 heterocycles. The van der Waals surface area contributed by atoms with Crippen molar-refractivity contribution in [2.75, 3.05) is 31.6 Å². The smallest absolute Gasteiger partial charge is 0.425 e. The summed E-state index contributed by atoms with van der Waals surface area (Å²) in [6, 6.07) is 11.2. The normalized spacial score (nSPS) is 14.8. The second kappa shape index (κ2) is 10.9. The molecule has 0 radical (unpaired) electrons. The first-order chi connectivity index (χ1) is 17.9. The highest BCUT2D eigenvalue weighted by Gasteiger charge is 2.37. The Hall–Kier alpha value is -3.81. The molecule has 0 bridgehead atoms. The number of aliphatic hydroxyl groups is 2. The van der Waals surface area contributed by atoms with Crippen molar-refractivity contribution < 1.29 is 42.4 Å². The third-order valence-corrected chi connectivity index (χ3v) is 5.82. The van der Waals surface area contributed by atoms with Crippen molar-refractivity contribution in [2.24, 2.45) is 0 Å². The number of halogens is 4. The number of hydrogen-bond acceptors (Lipinski definition) is 7. The van der Waals surface area contributed by atoms with Gasteiger partial charge in [0.1, 0.15) is 18.0 Å². The summed E-state index contributed by atoms with van der Waals surface area (Å²) in [4.78, 5) is 33.0. The predicted molar refractivity (Wildman–Crippen MR) is 128 cm³/mol. The Morgan fingerprint density at radius 3 is 2.47 bits per heavy atom. The predicted octanol–water partition coefficient (Wildman–Crippen LogP) is 3.05. The highest BCUT2D eigenvalue weighted by atomic mass is 35.5. The molecule has 3 aromatic rings. The standard InChI is InChI=1S/C24H22ClF3N4O6/c1-30-19(35)12-31(11-16(34)13-33)22(36)20-21(30)29-23(32(20)10-14-5-7-15(25)8-6-14)37-17-3-2-4-18(9-17)38-24(26,27)28/h2-9,16,33-34H,10-13H2,1H3. The molecule has 0 saturated carbocycles. The number of imidazole rings is 1. The van der Waals surface area contributed by atoms with E-state index >= 15 is 0 Å². The van der Waals surface area contributed by atoms with Crippen molar-refractivity contribution in [1.29, 1.82) is 0 Å². The van der Waals surface area contributed by atoms with Crippen LogP contribution in [0.15, 0.2) is 48.5 Å². The summed E-state index contributed by atoms with van der Waals surface area (Å²) in [6.45, 7) is -1.32. The molecular weight excluding hydrogens is 533 g/mol. The van der Waals surface area contributed by atoms with E-state index < -0.39 is 36.6 Å². The maximum Gasteiger partial charge on any atom is 0.573 e. The van der Waals surface area contributed by atoms with Gasteiger partial charge in [0.2, 0.25) is 5.91 Å². The first-order valence-corrected chi connectivity index (χ1v) is 11.6. The minimum absolute atomic E-state index is 0.0116. The molecule has 0 aliphatic carbocycles. The van der Waals surface area contributed by atoms with Crippen molar-refractivity contribution in [3.63, 3.8) is 0 Å². The summed E-state index contributed by atoms with van der Waals surface area (Å²) in [5.74, 6) is -1.84. The van der Waals surface area contributed by atoms with E-state index in [1.54, 1.807) is 24.3 Å². The fraction of sp³-hybridized carbons (Fsp3) is 0.292. The Balaban J connectivity index is 1.80. The van der Waals surface area contributed by atoms with Gasteiger partial charge in [-0.25, -0.2) is 0 Å². The van der Waals surface area contributed by atoms with Crippen LogP contribution in [0.4, 0.5) is 19.0 Å². The lowest BCUT2D eigenvalue weighted by atomic mass is 10.2. The van der Waals surface area contributed by atoms with Gasteiger partial charge in [0.05, 0.1) is 19.3 Å². The zero-order valence-corrected chi connectivity index (χ0v) is 20.6. The van der Waals surface area contributed by atoms with E-state index in [-0.39, 0.29) is 42.9 Å². The molecule has 2 aromatic carbocycles. The quantitative estimate of drug-likeness (QED) is 0.439. The molecule has 1 aromatic heterocycles. The molecule has 4 rings (SSSR count). The van der Waals surface area contributed by atoms with E-state index in [2.05, 4.69) is 9.72 Å². The number of aliphatic hydroxyl groups excluding tert-OH is 2. The van der Waals surface area contributed by atoms with Crippen molar-refractivity contribution in [2.45, 2.75) is 19.0 Å². The van der Waals surface area contributed by atoms with Crippen LogP contribution in [0.3, 0.4) is 0 Å². The van der Waals surface area contributed by atoms with E-state index in [1.807, 2.05) is 0 Å². The number of nitrogens with zero attached hydrogens (tertiary/aromatic N) is 4. The van der Waals surface area contributed by atoms with Gasteiger partial charge in [0, 0.05) is 24.7 Å². The Kier molecular flexibility index (Phi) is 7.81. The molecule has 0 saturated heterocycles. The molecule has 0 fully saturated rings. The fourth-order valence-electron chi connectivity index (χ4n) is 3.77. The van der Waals surface area contributed by atoms with Gasteiger partial charge in [-0.1, -0.05) is 29.8 Å². The fourth-order valence-corrected chi connectivity index (χ4v) is 3.90. The Labute approximate surface area is 219 Å². The van der Waals surface area contributed by atoms with Crippen LogP contribution in [0.1, 0.15) is 16.1 Å². The minimum atomic E-state index is -4.92. The molecule has 1 atom stereocenters. The van der Waals surface area contributed by atoms with E-state index in [1.165, 1.54) is 23.7 Å². The number of rotatable bonds is 8. The summed E-state index contributed by atoms with van der Waals surface area (Å²) < 4.78 is 49.2. The Bertz CT molecular complexity index is 1330. The van der Waals surface area contributed by atoms with Crippen molar-refractivity contribution in [1.82, 2.24) is 14.5 Å². The second-order valence-corrected chi connectivity index (χ2v) is 8.82. The van der Waals surface area contributed by atoms with E-state index in [0.29, 0.717) is 10.6 Å². The Morgan fingerprint density at radius 2 is 1.82 bits per heavy atom. The molecule has 2 amide bonds. The van der Waals surface area contributed by atoms with Crippen LogP contribution < -0.4 is 14.4 Å². The number of fused-ring (bicyclic) bond motifs is 1. The number of likely N-dealkylation sites (N-methyl/N-ethyl adjacent to an activating group) is 1. The topological polar surface area (TPSA) is 117 Å². The average molecular weight is 555 g/mol. The second-order valence-electron chi connectivity index (χ2n) is 8.38. The first-order valence-electron chi connectivity index (χ1n) is 11.2. The first kappa shape index (κ1) is 27.2. The lowest BCUT2D eigenvalue weighted by Crippen LogP contribution is -2.43. The van der Waals surface area contributed by atoms with Gasteiger partial charge in [-0.05, 0) is 29.8 Å². The van der Waals surface area contributed by atoms with Gasteiger partial charge < -0.3 is 24.6 Å². The molecule has 1 aliphatic rings. The zero-order chi connectivity index (χ0) is 27.6. The van der Waals surface area contributed by atoms with Crippen molar-refractivity contribution in [3.05, 3.63) is 64.8 Å². The summed E-state index contributed by atoms with van der Waals surface area (Å²) in [7, 11) is 1.40. The van der Waals surface area contributed by atoms with Gasteiger partial charge in [0.15, 0.2) is 11.5 Å². The number of ether oxygens (including phenoxy) is 2. The van der Waals surface area contributed by atoms with Crippen LogP contribution in [0, 0.1) is 0 Å². The van der Waals surface area contributed by atoms with Crippen molar-refractivity contribution >= 4 is 29.2 Å². The summed E-state index contributed by atoms with van der Waals surface area (Å²) in [6.07, 6.45) is -6.21. The average Bonchev–Trinajstić information content (AvgIpc) is 3.16. The number of β-amino-alcohol motifs (C(OH)–C–C–N with tert-alkyl or cyclic N) is 1. The maximum absolute atomic E-state index is 13.6. The minimum Gasteiger partial charge on any atom is -0.425 e. The van der Waals surface area contributed by atoms with Gasteiger partial charge in [0.25, 0.3) is 5.91 Å². The molecule has 0 spiro atoms. The highest BCUT2D eigenvalue weighted by molar-refractivity contribution is 6.30. The lowest BCUT2D eigenvalue weighted by Gasteiger charge is -2.23. The summed E-state index contributed by atoms with van der Waals surface area (Å²) in [5.41, 5.74) is 0.609. The van der Waals surface area contributed by atoms with Crippen molar-refractivity contribution in [3.8, 4) is 17.5 Å². The van der Waals surface area contributed by atoms with Crippen LogP contribution in [0.5, 0.6) is 17.5 Å². The number of benzene rings is 2. The number of aromatic nitrogens is 2. The third kappa shape index (κ3) is 6.18. The highest BCUT2D eigenvalue weighted by Crippen LogP contribution is 2.34.